The molecule has 0 spiro atoms. The first-order chi connectivity index (χ1) is 16.5. The molecule has 0 unspecified atom stereocenters. The number of carbonyl (C=O) groups excluding carboxylic acids is 1. The van der Waals surface area contributed by atoms with Gasteiger partial charge in [-0.3, -0.25) is 4.79 Å². The Kier molecular flexibility index (Phi) is 6.30. The zero-order chi connectivity index (χ0) is 23.7. The molecular formula is C28H33N5O. The lowest BCUT2D eigenvalue weighted by Crippen LogP contribution is -2.34. The summed E-state index contributed by atoms with van der Waals surface area (Å²) in [4.78, 5) is 15.5. The van der Waals surface area contributed by atoms with Crippen LogP contribution in [0.3, 0.4) is 0 Å². The van der Waals surface area contributed by atoms with E-state index >= 15 is 0 Å². The highest BCUT2D eigenvalue weighted by atomic mass is 16.2. The van der Waals surface area contributed by atoms with Gasteiger partial charge in [-0.15, -0.1) is 0 Å². The molecule has 0 atom stereocenters. The number of benzene rings is 2. The number of hydrogen-bond acceptors (Lipinski definition) is 4. The second-order valence-corrected chi connectivity index (χ2v) is 9.74. The lowest BCUT2D eigenvalue weighted by Gasteiger charge is -2.21. The molecular weight excluding hydrogens is 422 g/mol. The number of anilines is 1. The van der Waals surface area contributed by atoms with Crippen LogP contribution < -0.4 is 10.6 Å². The summed E-state index contributed by atoms with van der Waals surface area (Å²) in [6, 6.07) is 14.0. The van der Waals surface area contributed by atoms with E-state index in [1.807, 2.05) is 29.2 Å². The molecule has 1 aromatic heterocycles. The Hall–Kier alpha value is -3.30. The van der Waals surface area contributed by atoms with Gasteiger partial charge in [-0.2, -0.15) is 5.26 Å². The van der Waals surface area contributed by atoms with E-state index in [1.165, 1.54) is 35.0 Å². The first kappa shape index (κ1) is 22.5. The molecule has 6 heteroatoms. The Balaban J connectivity index is 1.53. The summed E-state index contributed by atoms with van der Waals surface area (Å²) in [5, 5.41) is 17.3. The highest BCUT2D eigenvalue weighted by Crippen LogP contribution is 2.38. The van der Waals surface area contributed by atoms with Crippen LogP contribution in [0.2, 0.25) is 0 Å². The van der Waals surface area contributed by atoms with E-state index in [0.29, 0.717) is 12.1 Å². The van der Waals surface area contributed by atoms with Gasteiger partial charge < -0.3 is 20.1 Å². The molecule has 1 aliphatic heterocycles. The first-order valence-corrected chi connectivity index (χ1v) is 12.4. The Labute approximate surface area is 201 Å². The molecule has 6 nitrogen and oxygen atoms in total. The van der Waals surface area contributed by atoms with Crippen molar-refractivity contribution in [1.29, 1.82) is 5.26 Å². The van der Waals surface area contributed by atoms with Gasteiger partial charge in [0.05, 0.1) is 22.8 Å². The van der Waals surface area contributed by atoms with Crippen molar-refractivity contribution in [2.24, 2.45) is 5.92 Å². The van der Waals surface area contributed by atoms with Gasteiger partial charge in [0.15, 0.2) is 0 Å². The molecule has 0 bridgehead atoms. The van der Waals surface area contributed by atoms with Gasteiger partial charge in [-0.25, -0.2) is 0 Å². The molecule has 0 radical (unpaired) electrons. The van der Waals surface area contributed by atoms with E-state index in [9.17, 15) is 4.79 Å². The van der Waals surface area contributed by atoms with Gasteiger partial charge in [-0.05, 0) is 81.0 Å². The SMILES string of the molecule is Cc1c(C)n(CC2CC2)c2c(NCc3ccc(C#N)cc3)cc(C(=O)N3CCCNCC3)cc12. The van der Waals surface area contributed by atoms with Crippen molar-refractivity contribution in [2.45, 2.75) is 46.2 Å². The average Bonchev–Trinajstić information content (AvgIpc) is 3.69. The minimum Gasteiger partial charge on any atom is -0.379 e. The number of nitriles is 1. The van der Waals surface area contributed by atoms with Crippen LogP contribution in [0.5, 0.6) is 0 Å². The molecule has 2 aliphatic rings. The maximum Gasteiger partial charge on any atom is 0.253 e. The minimum atomic E-state index is 0.110. The van der Waals surface area contributed by atoms with Gasteiger partial charge in [-0.1, -0.05) is 12.1 Å². The number of amides is 1. The summed E-state index contributed by atoms with van der Waals surface area (Å²) in [5.74, 6) is 0.866. The van der Waals surface area contributed by atoms with E-state index in [1.54, 1.807) is 0 Å². The summed E-state index contributed by atoms with van der Waals surface area (Å²) >= 11 is 0. The smallest absolute Gasteiger partial charge is 0.253 e. The van der Waals surface area contributed by atoms with Crippen molar-refractivity contribution in [1.82, 2.24) is 14.8 Å². The summed E-state index contributed by atoms with van der Waals surface area (Å²) < 4.78 is 2.45. The van der Waals surface area contributed by atoms with Gasteiger partial charge in [0.2, 0.25) is 0 Å². The maximum absolute atomic E-state index is 13.5. The van der Waals surface area contributed by atoms with Crippen LogP contribution in [0.4, 0.5) is 5.69 Å². The highest BCUT2D eigenvalue weighted by molar-refractivity contribution is 6.04. The fourth-order valence-corrected chi connectivity index (χ4v) is 4.95. The number of carbonyl (C=O) groups is 1. The van der Waals surface area contributed by atoms with E-state index in [0.717, 1.165) is 61.9 Å². The molecule has 1 saturated heterocycles. The molecule has 2 aromatic carbocycles. The van der Waals surface area contributed by atoms with E-state index < -0.39 is 0 Å². The van der Waals surface area contributed by atoms with Crippen molar-refractivity contribution in [3.8, 4) is 6.07 Å². The molecule has 2 heterocycles. The Morgan fingerprint density at radius 3 is 2.68 bits per heavy atom. The van der Waals surface area contributed by atoms with Crippen molar-refractivity contribution >= 4 is 22.5 Å². The van der Waals surface area contributed by atoms with Crippen molar-refractivity contribution in [3.05, 3.63) is 64.3 Å². The second-order valence-electron chi connectivity index (χ2n) is 9.74. The molecule has 34 heavy (non-hydrogen) atoms. The van der Waals surface area contributed by atoms with Crippen molar-refractivity contribution < 1.29 is 4.79 Å². The number of aryl methyl sites for hydroxylation is 1. The molecule has 5 rings (SSSR count). The van der Waals surface area contributed by atoms with Crippen molar-refractivity contribution in [2.75, 3.05) is 31.5 Å². The maximum atomic E-state index is 13.5. The van der Waals surface area contributed by atoms with Crippen LogP contribution in [-0.4, -0.2) is 41.6 Å². The summed E-state index contributed by atoms with van der Waals surface area (Å²) in [6.45, 7) is 9.38. The molecule has 3 aromatic rings. The zero-order valence-corrected chi connectivity index (χ0v) is 20.2. The number of aromatic nitrogens is 1. The molecule has 1 amide bonds. The number of fused-ring (bicyclic) bond motifs is 1. The largest absolute Gasteiger partial charge is 0.379 e. The van der Waals surface area contributed by atoms with Crippen LogP contribution in [0.1, 0.15) is 52.0 Å². The van der Waals surface area contributed by atoms with Gasteiger partial charge in [0.25, 0.3) is 5.91 Å². The standard InChI is InChI=1S/C28H33N5O/c1-19-20(2)33(18-23-8-9-23)27-25(19)14-24(28(34)32-12-3-10-30-11-13-32)15-26(27)31-17-22-6-4-21(16-29)5-7-22/h4-7,14-15,23,30-31H,3,8-13,17-18H2,1-2H3. The van der Waals surface area contributed by atoms with Gasteiger partial charge >= 0.3 is 0 Å². The first-order valence-electron chi connectivity index (χ1n) is 12.4. The van der Waals surface area contributed by atoms with Crippen LogP contribution >= 0.6 is 0 Å². The predicted molar refractivity (Wildman–Crippen MR) is 136 cm³/mol. The zero-order valence-electron chi connectivity index (χ0n) is 20.2. The summed E-state index contributed by atoms with van der Waals surface area (Å²) in [5.41, 5.74) is 7.27. The normalized spacial score (nSPS) is 16.3. The van der Waals surface area contributed by atoms with Crippen LogP contribution in [0.15, 0.2) is 36.4 Å². The quantitative estimate of drug-likeness (QED) is 0.570. The van der Waals surface area contributed by atoms with Crippen LogP contribution in [0, 0.1) is 31.1 Å². The van der Waals surface area contributed by atoms with E-state index in [4.69, 9.17) is 5.26 Å². The molecule has 176 valence electrons. The number of nitrogens with one attached hydrogen (secondary N) is 2. The van der Waals surface area contributed by atoms with E-state index in [-0.39, 0.29) is 5.91 Å². The molecule has 2 N–H and O–H groups in total. The summed E-state index contributed by atoms with van der Waals surface area (Å²) in [6.07, 6.45) is 3.57. The minimum absolute atomic E-state index is 0.110. The fourth-order valence-electron chi connectivity index (χ4n) is 4.95. The molecule has 2 fully saturated rings. The van der Waals surface area contributed by atoms with Gasteiger partial charge in [0, 0.05) is 49.4 Å². The van der Waals surface area contributed by atoms with E-state index in [2.05, 4.69) is 47.3 Å². The lowest BCUT2D eigenvalue weighted by molar-refractivity contribution is 0.0766. The topological polar surface area (TPSA) is 73.1 Å². The number of nitrogens with zero attached hydrogens (tertiary/aromatic N) is 3. The molecule has 1 saturated carbocycles. The third-order valence-electron chi connectivity index (χ3n) is 7.31. The monoisotopic (exact) mass is 455 g/mol. The average molecular weight is 456 g/mol. The number of hydrogen-bond donors (Lipinski definition) is 2. The highest BCUT2D eigenvalue weighted by Gasteiger charge is 2.26. The molecule has 1 aliphatic carbocycles. The summed E-state index contributed by atoms with van der Waals surface area (Å²) in [7, 11) is 0. The third-order valence-corrected chi connectivity index (χ3v) is 7.31. The van der Waals surface area contributed by atoms with Crippen molar-refractivity contribution in [3.63, 3.8) is 0 Å². The fraction of sp³-hybridized carbons (Fsp3) is 0.429. The van der Waals surface area contributed by atoms with Gasteiger partial charge in [0.1, 0.15) is 0 Å². The van der Waals surface area contributed by atoms with Crippen LogP contribution in [-0.2, 0) is 13.1 Å². The Morgan fingerprint density at radius 1 is 1.15 bits per heavy atom. The Bertz CT molecular complexity index is 1240. The lowest BCUT2D eigenvalue weighted by atomic mass is 10.1. The van der Waals surface area contributed by atoms with Crippen LogP contribution in [0.25, 0.3) is 10.9 Å². The number of rotatable bonds is 6. The third kappa shape index (κ3) is 4.53. The second kappa shape index (κ2) is 9.52. The Morgan fingerprint density at radius 2 is 1.94 bits per heavy atom. The predicted octanol–water partition coefficient (Wildman–Crippen LogP) is 4.59.